The molecule has 8 nitrogen and oxygen atoms in total. The van der Waals surface area contributed by atoms with Crippen molar-refractivity contribution < 1.29 is 27.8 Å². The molecule has 36 heavy (non-hydrogen) atoms. The number of carboxylic acids is 1. The predicted octanol–water partition coefficient (Wildman–Crippen LogP) is 4.46. The maximum atomic E-state index is 10.6. The van der Waals surface area contributed by atoms with Gasteiger partial charge in [0.2, 0.25) is 0 Å². The molecule has 0 bridgehead atoms. The Kier molecular flexibility index (Phi) is 7.12. The average Bonchev–Trinajstić information content (AvgIpc) is 3.42. The number of halogens is 3. The summed E-state index contributed by atoms with van der Waals surface area (Å²) in [5, 5.41) is 11.4. The van der Waals surface area contributed by atoms with Gasteiger partial charge in [0, 0.05) is 63.4 Å². The summed E-state index contributed by atoms with van der Waals surface area (Å²) < 4.78 is 42.7. The van der Waals surface area contributed by atoms with Gasteiger partial charge in [-0.05, 0) is 18.1 Å². The third kappa shape index (κ3) is 5.40. The fourth-order valence-corrected chi connectivity index (χ4v) is 4.82. The number of hydrogen-bond donors (Lipinski definition) is 1. The molecular formula is C25H30F3N5O3. The van der Waals surface area contributed by atoms with E-state index in [0.717, 1.165) is 56.0 Å². The Balaban J connectivity index is 0.000000384. The van der Waals surface area contributed by atoms with E-state index in [4.69, 9.17) is 19.6 Å². The molecule has 2 aromatic heterocycles. The number of carboxylic acid groups (broad SMARTS) is 1. The molecule has 1 aromatic carbocycles. The molecule has 11 heteroatoms. The molecule has 1 spiro atoms. The predicted molar refractivity (Wildman–Crippen MR) is 126 cm³/mol. The van der Waals surface area contributed by atoms with Crippen molar-refractivity contribution in [3.05, 3.63) is 54.2 Å². The van der Waals surface area contributed by atoms with Gasteiger partial charge in [-0.2, -0.15) is 18.3 Å². The van der Waals surface area contributed by atoms with Crippen LogP contribution in [0.3, 0.4) is 0 Å². The van der Waals surface area contributed by atoms with Crippen LogP contribution < -0.4 is 4.74 Å². The average molecular weight is 506 g/mol. The second-order valence-electron chi connectivity index (χ2n) is 9.68. The first-order chi connectivity index (χ1) is 17.0. The number of rotatable bonds is 4. The normalized spacial score (nSPS) is 16.6. The first-order valence-electron chi connectivity index (χ1n) is 11.8. The van der Waals surface area contributed by atoms with Gasteiger partial charge in [0.1, 0.15) is 5.75 Å². The molecule has 1 N–H and O–H groups in total. The van der Waals surface area contributed by atoms with E-state index in [0.29, 0.717) is 5.92 Å². The van der Waals surface area contributed by atoms with Crippen molar-refractivity contribution in [3.8, 4) is 17.0 Å². The second kappa shape index (κ2) is 9.96. The number of likely N-dealkylation sites (tertiary alicyclic amines) is 1. The maximum absolute atomic E-state index is 10.6. The SMILES string of the molecule is CC(C)Cn1cnc2c1C1(CCN(Cc3cnn(C)c3)CC1)Oc1ccccc1-2.O=C(O)C(F)(F)F. The quantitative estimate of drug-likeness (QED) is 0.564. The van der Waals surface area contributed by atoms with E-state index < -0.39 is 12.1 Å². The highest BCUT2D eigenvalue weighted by atomic mass is 19.4. The van der Waals surface area contributed by atoms with E-state index in [1.54, 1.807) is 0 Å². The zero-order valence-corrected chi connectivity index (χ0v) is 20.5. The van der Waals surface area contributed by atoms with Crippen LogP contribution in [0.1, 0.15) is 37.9 Å². The number of aromatic nitrogens is 4. The number of nitrogens with zero attached hydrogens (tertiary/aromatic N) is 5. The Bertz CT molecular complexity index is 1210. The number of benzene rings is 1. The summed E-state index contributed by atoms with van der Waals surface area (Å²) in [4.78, 5) is 16.3. The number of fused-ring (bicyclic) bond motifs is 4. The van der Waals surface area contributed by atoms with Crippen LogP contribution in [0.15, 0.2) is 43.0 Å². The van der Waals surface area contributed by atoms with Crippen molar-refractivity contribution in [3.63, 3.8) is 0 Å². The second-order valence-corrected chi connectivity index (χ2v) is 9.68. The summed E-state index contributed by atoms with van der Waals surface area (Å²) in [5.74, 6) is -1.23. The van der Waals surface area contributed by atoms with Gasteiger partial charge >= 0.3 is 12.1 Å². The molecular weight excluding hydrogens is 475 g/mol. The Labute approximate surface area is 207 Å². The van der Waals surface area contributed by atoms with Crippen LogP contribution in [-0.4, -0.2) is 54.6 Å². The molecule has 0 aliphatic carbocycles. The minimum atomic E-state index is -5.08. The van der Waals surface area contributed by atoms with Gasteiger partial charge in [0.05, 0.1) is 23.9 Å². The highest BCUT2D eigenvalue weighted by molar-refractivity contribution is 5.73. The van der Waals surface area contributed by atoms with Crippen molar-refractivity contribution in [1.82, 2.24) is 24.2 Å². The van der Waals surface area contributed by atoms with Crippen molar-refractivity contribution >= 4 is 5.97 Å². The summed E-state index contributed by atoms with van der Waals surface area (Å²) in [6, 6.07) is 8.34. The molecule has 5 rings (SSSR count). The molecule has 194 valence electrons. The summed E-state index contributed by atoms with van der Waals surface area (Å²) >= 11 is 0. The lowest BCUT2D eigenvalue weighted by molar-refractivity contribution is -0.192. The molecule has 2 aliphatic rings. The lowest BCUT2D eigenvalue weighted by Gasteiger charge is -2.44. The summed E-state index contributed by atoms with van der Waals surface area (Å²) in [6.45, 7) is 8.43. The number of alkyl halides is 3. The molecule has 0 saturated carbocycles. The van der Waals surface area contributed by atoms with Gasteiger partial charge in [0.25, 0.3) is 0 Å². The zero-order chi connectivity index (χ0) is 26.1. The van der Waals surface area contributed by atoms with Gasteiger partial charge in [-0.25, -0.2) is 9.78 Å². The summed E-state index contributed by atoms with van der Waals surface area (Å²) in [7, 11) is 1.97. The lowest BCUT2D eigenvalue weighted by atomic mass is 9.83. The number of imidazole rings is 1. The van der Waals surface area contributed by atoms with Crippen molar-refractivity contribution in [2.45, 2.75) is 51.6 Å². The number of aryl methyl sites for hydroxylation is 1. The van der Waals surface area contributed by atoms with Crippen molar-refractivity contribution in [2.24, 2.45) is 13.0 Å². The largest absolute Gasteiger partial charge is 0.490 e. The van der Waals surface area contributed by atoms with Crippen LogP contribution in [0.2, 0.25) is 0 Å². The van der Waals surface area contributed by atoms with Gasteiger partial charge < -0.3 is 14.4 Å². The van der Waals surface area contributed by atoms with Gasteiger partial charge in [-0.1, -0.05) is 26.0 Å². The summed E-state index contributed by atoms with van der Waals surface area (Å²) in [6.07, 6.45) is 2.94. The minimum absolute atomic E-state index is 0.291. The van der Waals surface area contributed by atoms with Crippen LogP contribution in [0.4, 0.5) is 13.2 Å². The molecule has 0 unspecified atom stereocenters. The van der Waals surface area contributed by atoms with Crippen LogP contribution in [0.25, 0.3) is 11.3 Å². The standard InChI is InChI=1S/C23H29N5O.C2HF3O2/c1-17(2)13-28-16-24-21-19-6-4-5-7-20(19)29-23(22(21)28)8-10-27(11-9-23)15-18-12-25-26(3)14-18;3-2(4,5)1(6)7/h4-7,12,14,16-17H,8-11,13,15H2,1-3H3;(H,6,7). The first-order valence-corrected chi connectivity index (χ1v) is 11.8. The fourth-order valence-electron chi connectivity index (χ4n) is 4.82. The van der Waals surface area contributed by atoms with E-state index >= 15 is 0 Å². The first kappa shape index (κ1) is 25.7. The van der Waals surface area contributed by atoms with Gasteiger partial charge in [-0.15, -0.1) is 0 Å². The van der Waals surface area contributed by atoms with Crippen LogP contribution >= 0.6 is 0 Å². The maximum Gasteiger partial charge on any atom is 0.490 e. The summed E-state index contributed by atoms with van der Waals surface area (Å²) in [5.41, 5.74) is 4.47. The molecule has 0 amide bonds. The smallest absolute Gasteiger partial charge is 0.480 e. The van der Waals surface area contributed by atoms with E-state index in [2.05, 4.69) is 58.9 Å². The molecule has 2 aliphatic heterocycles. The van der Waals surface area contributed by atoms with Crippen LogP contribution in [0, 0.1) is 5.92 Å². The van der Waals surface area contributed by atoms with Gasteiger partial charge in [0.15, 0.2) is 5.60 Å². The Hall–Kier alpha value is -3.34. The van der Waals surface area contributed by atoms with E-state index in [1.165, 1.54) is 11.3 Å². The molecule has 0 atom stereocenters. The van der Waals surface area contributed by atoms with Crippen molar-refractivity contribution in [1.29, 1.82) is 0 Å². The molecule has 1 fully saturated rings. The third-order valence-electron chi connectivity index (χ3n) is 6.35. The number of ether oxygens (including phenoxy) is 1. The van der Waals surface area contributed by atoms with Gasteiger partial charge in [-0.3, -0.25) is 9.58 Å². The Morgan fingerprint density at radius 3 is 2.47 bits per heavy atom. The highest BCUT2D eigenvalue weighted by Gasteiger charge is 2.46. The monoisotopic (exact) mass is 505 g/mol. The molecule has 4 heterocycles. The van der Waals surface area contributed by atoms with E-state index in [1.807, 2.05) is 24.3 Å². The number of hydrogen-bond acceptors (Lipinski definition) is 5. The van der Waals surface area contributed by atoms with E-state index in [9.17, 15) is 13.2 Å². The number of para-hydroxylation sites is 1. The number of piperidine rings is 1. The number of carbonyl (C=O) groups is 1. The molecule has 3 aromatic rings. The topological polar surface area (TPSA) is 85.4 Å². The molecule has 0 radical (unpaired) electrons. The zero-order valence-electron chi connectivity index (χ0n) is 20.5. The molecule has 1 saturated heterocycles. The highest BCUT2D eigenvalue weighted by Crippen LogP contribution is 2.49. The fraction of sp³-hybridized carbons (Fsp3) is 0.480. The van der Waals surface area contributed by atoms with E-state index in [-0.39, 0.29) is 5.60 Å². The van der Waals surface area contributed by atoms with Crippen LogP contribution in [-0.2, 0) is 30.5 Å². The third-order valence-corrected chi connectivity index (χ3v) is 6.35. The number of aliphatic carboxylic acids is 1. The van der Waals surface area contributed by atoms with Crippen LogP contribution in [0.5, 0.6) is 5.75 Å². The van der Waals surface area contributed by atoms with Crippen molar-refractivity contribution in [2.75, 3.05) is 13.1 Å². The Morgan fingerprint density at radius 2 is 1.89 bits per heavy atom. The Morgan fingerprint density at radius 1 is 1.22 bits per heavy atom. The lowest BCUT2D eigenvalue weighted by Crippen LogP contribution is -2.48. The minimum Gasteiger partial charge on any atom is -0.480 e.